The molecule has 0 heterocycles. The van der Waals surface area contributed by atoms with Crippen LogP contribution in [-0.2, 0) is 4.79 Å². The van der Waals surface area contributed by atoms with E-state index < -0.39 is 5.60 Å². The minimum absolute atomic E-state index is 0.228. The van der Waals surface area contributed by atoms with Gasteiger partial charge in [-0.2, -0.15) is 0 Å². The number of carbonyl (C=O) groups excluding carboxylic acids is 1. The van der Waals surface area contributed by atoms with Crippen LogP contribution in [0.5, 0.6) is 0 Å². The van der Waals surface area contributed by atoms with E-state index in [2.05, 4.69) is 26.1 Å². The molecule has 0 saturated heterocycles. The molecule has 4 fully saturated rings. The SMILES string of the molecule is CC(C)CC[C@@H](C)NC(=O)C12C[C@@H]3C[C@H](CC(O)(C3)C1)C2. The fraction of sp³-hybridized carbons (Fsp3) is 0.944. The summed E-state index contributed by atoms with van der Waals surface area (Å²) in [5.41, 5.74) is -0.798. The van der Waals surface area contributed by atoms with Gasteiger partial charge < -0.3 is 10.4 Å². The van der Waals surface area contributed by atoms with Gasteiger partial charge in [0.15, 0.2) is 0 Å². The van der Waals surface area contributed by atoms with E-state index >= 15 is 0 Å². The Morgan fingerprint density at radius 3 is 2.29 bits per heavy atom. The van der Waals surface area contributed by atoms with Crippen LogP contribution < -0.4 is 5.32 Å². The van der Waals surface area contributed by atoms with E-state index in [4.69, 9.17) is 0 Å². The molecular weight excluding hydrogens is 262 g/mol. The Kier molecular flexibility index (Phi) is 3.84. The van der Waals surface area contributed by atoms with Crippen molar-refractivity contribution in [2.45, 2.75) is 83.8 Å². The van der Waals surface area contributed by atoms with Crippen LogP contribution in [0.2, 0.25) is 0 Å². The average molecular weight is 293 g/mol. The molecule has 4 saturated carbocycles. The summed E-state index contributed by atoms with van der Waals surface area (Å²) in [6.07, 6.45) is 8.03. The summed E-state index contributed by atoms with van der Waals surface area (Å²) in [7, 11) is 0. The molecule has 0 unspecified atom stereocenters. The molecule has 120 valence electrons. The largest absolute Gasteiger partial charge is 0.390 e. The summed E-state index contributed by atoms with van der Waals surface area (Å²) in [5.74, 6) is 2.07. The molecule has 2 N–H and O–H groups in total. The van der Waals surface area contributed by atoms with Crippen molar-refractivity contribution in [3.63, 3.8) is 0 Å². The lowest BCUT2D eigenvalue weighted by Crippen LogP contribution is -2.61. The third kappa shape index (κ3) is 2.99. The zero-order valence-corrected chi connectivity index (χ0v) is 13.8. The van der Waals surface area contributed by atoms with Gasteiger partial charge in [0.1, 0.15) is 0 Å². The molecule has 4 aliphatic rings. The van der Waals surface area contributed by atoms with Crippen LogP contribution in [0, 0.1) is 23.2 Å². The van der Waals surface area contributed by atoms with Gasteiger partial charge in [-0.05, 0) is 76.0 Å². The Balaban J connectivity index is 1.64. The van der Waals surface area contributed by atoms with E-state index in [1.165, 1.54) is 6.42 Å². The van der Waals surface area contributed by atoms with Crippen molar-refractivity contribution < 1.29 is 9.90 Å². The second kappa shape index (κ2) is 5.26. The number of carbonyl (C=O) groups is 1. The quantitative estimate of drug-likeness (QED) is 0.817. The molecule has 0 radical (unpaired) electrons. The van der Waals surface area contributed by atoms with Crippen LogP contribution in [0.4, 0.5) is 0 Å². The molecule has 3 atom stereocenters. The molecule has 4 bridgehead atoms. The Morgan fingerprint density at radius 1 is 1.14 bits per heavy atom. The summed E-state index contributed by atoms with van der Waals surface area (Å²) in [6, 6.07) is 0.252. The van der Waals surface area contributed by atoms with Gasteiger partial charge in [0, 0.05) is 6.04 Å². The Labute approximate surface area is 128 Å². The molecule has 21 heavy (non-hydrogen) atoms. The molecular formula is C18H31NO2. The Hall–Kier alpha value is -0.570. The third-order valence-electron chi connectivity index (χ3n) is 6.07. The molecule has 4 aliphatic carbocycles. The van der Waals surface area contributed by atoms with Crippen LogP contribution in [0.15, 0.2) is 0 Å². The Morgan fingerprint density at radius 2 is 1.76 bits per heavy atom. The van der Waals surface area contributed by atoms with Crippen molar-refractivity contribution in [1.82, 2.24) is 5.32 Å². The predicted octanol–water partition coefficient (Wildman–Crippen LogP) is 3.26. The van der Waals surface area contributed by atoms with Gasteiger partial charge in [0.25, 0.3) is 0 Å². The summed E-state index contributed by atoms with van der Waals surface area (Å²) in [5, 5.41) is 14.0. The van der Waals surface area contributed by atoms with Gasteiger partial charge in [-0.15, -0.1) is 0 Å². The maximum atomic E-state index is 12.9. The molecule has 4 rings (SSSR count). The monoisotopic (exact) mass is 293 g/mol. The molecule has 0 spiro atoms. The normalized spacial score (nSPS) is 42.3. The molecule has 0 aliphatic heterocycles. The van der Waals surface area contributed by atoms with E-state index in [9.17, 15) is 9.90 Å². The van der Waals surface area contributed by atoms with Crippen molar-refractivity contribution in [1.29, 1.82) is 0 Å². The summed E-state index contributed by atoms with van der Waals surface area (Å²) < 4.78 is 0. The lowest BCUT2D eigenvalue weighted by Gasteiger charge is -2.59. The van der Waals surface area contributed by atoms with E-state index in [0.717, 1.165) is 38.5 Å². The summed E-state index contributed by atoms with van der Waals surface area (Å²) in [4.78, 5) is 12.9. The topological polar surface area (TPSA) is 49.3 Å². The van der Waals surface area contributed by atoms with Gasteiger partial charge in [0.2, 0.25) is 5.91 Å². The van der Waals surface area contributed by atoms with Crippen molar-refractivity contribution >= 4 is 5.91 Å². The minimum atomic E-state index is -0.539. The minimum Gasteiger partial charge on any atom is -0.390 e. The molecule has 3 heteroatoms. The highest BCUT2D eigenvalue weighted by atomic mass is 16.3. The lowest BCUT2D eigenvalue weighted by molar-refractivity contribution is -0.178. The van der Waals surface area contributed by atoms with E-state index in [-0.39, 0.29) is 17.4 Å². The number of rotatable bonds is 5. The highest BCUT2D eigenvalue weighted by Crippen LogP contribution is 2.61. The highest BCUT2D eigenvalue weighted by molar-refractivity contribution is 5.83. The van der Waals surface area contributed by atoms with E-state index in [0.29, 0.717) is 24.2 Å². The number of hydrogen-bond acceptors (Lipinski definition) is 2. The second-order valence-corrected chi connectivity index (χ2v) is 8.81. The average Bonchev–Trinajstić information content (AvgIpc) is 2.33. The first kappa shape index (κ1) is 15.3. The fourth-order valence-corrected chi connectivity index (χ4v) is 5.51. The van der Waals surface area contributed by atoms with Crippen LogP contribution in [0.1, 0.15) is 72.1 Å². The molecule has 0 aromatic rings. The first-order valence-corrected chi connectivity index (χ1v) is 8.84. The molecule has 0 aromatic carbocycles. The van der Waals surface area contributed by atoms with Crippen molar-refractivity contribution in [2.75, 3.05) is 0 Å². The number of amides is 1. The number of hydrogen-bond donors (Lipinski definition) is 2. The molecule has 3 nitrogen and oxygen atoms in total. The van der Waals surface area contributed by atoms with Gasteiger partial charge in [-0.3, -0.25) is 4.79 Å². The zero-order chi connectivity index (χ0) is 15.3. The Bertz CT molecular complexity index is 403. The first-order chi connectivity index (χ1) is 9.80. The first-order valence-electron chi connectivity index (χ1n) is 8.84. The smallest absolute Gasteiger partial charge is 0.226 e. The lowest BCUT2D eigenvalue weighted by atomic mass is 9.47. The van der Waals surface area contributed by atoms with Crippen molar-refractivity contribution in [2.24, 2.45) is 23.2 Å². The third-order valence-corrected chi connectivity index (χ3v) is 6.07. The second-order valence-electron chi connectivity index (χ2n) is 8.81. The van der Waals surface area contributed by atoms with Gasteiger partial charge in [-0.25, -0.2) is 0 Å². The van der Waals surface area contributed by atoms with Crippen LogP contribution in [0.3, 0.4) is 0 Å². The predicted molar refractivity (Wildman–Crippen MR) is 83.7 cm³/mol. The maximum absolute atomic E-state index is 12.9. The van der Waals surface area contributed by atoms with Crippen LogP contribution in [0.25, 0.3) is 0 Å². The van der Waals surface area contributed by atoms with Crippen molar-refractivity contribution in [3.8, 4) is 0 Å². The van der Waals surface area contributed by atoms with Crippen LogP contribution in [-0.4, -0.2) is 22.7 Å². The van der Waals surface area contributed by atoms with Gasteiger partial charge in [-0.1, -0.05) is 13.8 Å². The maximum Gasteiger partial charge on any atom is 0.226 e. The summed E-state index contributed by atoms with van der Waals surface area (Å²) in [6.45, 7) is 6.57. The molecule has 1 amide bonds. The van der Waals surface area contributed by atoms with Gasteiger partial charge in [0.05, 0.1) is 11.0 Å². The van der Waals surface area contributed by atoms with Crippen LogP contribution >= 0.6 is 0 Å². The van der Waals surface area contributed by atoms with E-state index in [1.807, 2.05) is 0 Å². The summed E-state index contributed by atoms with van der Waals surface area (Å²) >= 11 is 0. The molecule has 0 aromatic heterocycles. The zero-order valence-electron chi connectivity index (χ0n) is 13.8. The van der Waals surface area contributed by atoms with Crippen molar-refractivity contribution in [3.05, 3.63) is 0 Å². The fourth-order valence-electron chi connectivity index (χ4n) is 5.51. The number of nitrogens with one attached hydrogen (secondary N) is 1. The van der Waals surface area contributed by atoms with Gasteiger partial charge >= 0.3 is 0 Å². The highest BCUT2D eigenvalue weighted by Gasteiger charge is 2.60. The van der Waals surface area contributed by atoms with E-state index in [1.54, 1.807) is 0 Å². The standard InChI is InChI=1S/C18H31NO2/c1-12(2)4-5-13(3)19-16(20)17-7-14-6-15(8-17)10-18(21,9-14)11-17/h12-15,21H,4-11H2,1-3H3,(H,19,20)/t13-,14+,15+,17?,18?/m1/s1. The number of aliphatic hydroxyl groups is 1.